The summed E-state index contributed by atoms with van der Waals surface area (Å²) in [6.45, 7) is 2.45. The topological polar surface area (TPSA) is 51.7 Å². The van der Waals surface area contributed by atoms with Gasteiger partial charge in [0.15, 0.2) is 5.78 Å². The number of epoxide rings is 1. The van der Waals surface area contributed by atoms with Gasteiger partial charge in [0.25, 0.3) is 0 Å². The van der Waals surface area contributed by atoms with E-state index in [9.17, 15) is 4.79 Å². The molecule has 8 rings (SSSR count). The molecule has 0 radical (unpaired) electrons. The zero-order chi connectivity index (χ0) is 21.3. The van der Waals surface area contributed by atoms with Crippen LogP contribution < -0.4 is 0 Å². The van der Waals surface area contributed by atoms with Gasteiger partial charge in [-0.15, -0.1) is 0 Å². The summed E-state index contributed by atoms with van der Waals surface area (Å²) < 4.78 is 12.6. The van der Waals surface area contributed by atoms with Gasteiger partial charge >= 0.3 is 0 Å². The molecule has 1 aromatic heterocycles. The van der Waals surface area contributed by atoms with Crippen molar-refractivity contribution >= 4 is 16.6 Å². The molecule has 0 unspecified atom stereocenters. The number of rotatable bonds is 1. The van der Waals surface area contributed by atoms with E-state index in [0.29, 0.717) is 11.8 Å². The van der Waals surface area contributed by atoms with Gasteiger partial charge in [-0.25, -0.2) is 0 Å². The highest BCUT2D eigenvalue weighted by Crippen LogP contribution is 2.66. The van der Waals surface area contributed by atoms with Gasteiger partial charge in [0.1, 0.15) is 11.7 Å². The third-order valence-corrected chi connectivity index (χ3v) is 9.82. The Bertz CT molecular complexity index is 1280. The summed E-state index contributed by atoms with van der Waals surface area (Å²) in [5, 5.41) is 2.46. The summed E-state index contributed by atoms with van der Waals surface area (Å²) >= 11 is 0. The second-order valence-electron chi connectivity index (χ2n) is 11.3. The van der Waals surface area contributed by atoms with E-state index < -0.39 is 0 Å². The normalized spacial score (nSPS) is 45.5. The molecular formula is C28H27NO3. The van der Waals surface area contributed by atoms with E-state index in [2.05, 4.69) is 48.3 Å². The Labute approximate surface area is 187 Å². The highest BCUT2D eigenvalue weighted by atomic mass is 16.6. The van der Waals surface area contributed by atoms with Crippen LogP contribution in [-0.2, 0) is 14.3 Å². The molecule has 3 aliphatic carbocycles. The average Bonchev–Trinajstić information content (AvgIpc) is 3.40. The number of allylic oxidation sites excluding steroid dienone is 1. The number of benzene rings is 1. The summed E-state index contributed by atoms with van der Waals surface area (Å²) in [5.41, 5.74) is 3.07. The molecule has 2 spiro atoms. The Morgan fingerprint density at radius 2 is 1.97 bits per heavy atom. The zero-order valence-electron chi connectivity index (χ0n) is 18.3. The third-order valence-electron chi connectivity index (χ3n) is 9.82. The number of pyridine rings is 1. The second-order valence-corrected chi connectivity index (χ2v) is 11.3. The summed E-state index contributed by atoms with van der Waals surface area (Å²) in [6.07, 6.45) is 14.8. The van der Waals surface area contributed by atoms with E-state index in [1.807, 2.05) is 12.4 Å². The molecule has 4 nitrogen and oxygen atoms in total. The van der Waals surface area contributed by atoms with Crippen molar-refractivity contribution < 1.29 is 14.3 Å². The van der Waals surface area contributed by atoms with Crippen LogP contribution >= 0.6 is 0 Å². The van der Waals surface area contributed by atoms with Crippen molar-refractivity contribution in [1.82, 2.24) is 4.98 Å². The number of ether oxygens (including phenoxy) is 2. The Morgan fingerprint density at radius 1 is 1.06 bits per heavy atom. The van der Waals surface area contributed by atoms with Gasteiger partial charge in [-0.2, -0.15) is 0 Å². The van der Waals surface area contributed by atoms with Crippen molar-refractivity contribution in [1.29, 1.82) is 0 Å². The quantitative estimate of drug-likeness (QED) is 0.601. The fourth-order valence-corrected chi connectivity index (χ4v) is 8.08. The average molecular weight is 426 g/mol. The lowest BCUT2D eigenvalue weighted by atomic mass is 9.61. The van der Waals surface area contributed by atoms with Crippen LogP contribution in [0.4, 0.5) is 0 Å². The van der Waals surface area contributed by atoms with E-state index >= 15 is 0 Å². The molecule has 1 aromatic carbocycles. The van der Waals surface area contributed by atoms with Crippen LogP contribution in [0.2, 0.25) is 0 Å². The van der Waals surface area contributed by atoms with Crippen molar-refractivity contribution in [2.45, 2.75) is 74.8 Å². The summed E-state index contributed by atoms with van der Waals surface area (Å²) in [5.74, 6) is 1.26. The van der Waals surface area contributed by atoms with Gasteiger partial charge in [0, 0.05) is 29.8 Å². The Balaban J connectivity index is 1.25. The van der Waals surface area contributed by atoms with Crippen LogP contribution in [-0.4, -0.2) is 34.2 Å². The molecule has 0 N–H and O–H groups in total. The summed E-state index contributed by atoms with van der Waals surface area (Å²) in [7, 11) is 0. The van der Waals surface area contributed by atoms with Gasteiger partial charge in [-0.1, -0.05) is 25.1 Å². The number of aromatic nitrogens is 1. The minimum atomic E-state index is -0.386. The smallest absolute Gasteiger partial charge is 0.193 e. The number of carbonyl (C=O) groups excluding carboxylic acids is 1. The lowest BCUT2D eigenvalue weighted by Gasteiger charge is -2.50. The molecule has 2 aromatic rings. The molecule has 32 heavy (non-hydrogen) atoms. The predicted octanol–water partition coefficient (Wildman–Crippen LogP) is 5.03. The molecule has 2 saturated carbocycles. The zero-order valence-corrected chi connectivity index (χ0v) is 18.3. The highest BCUT2D eigenvalue weighted by molar-refractivity contribution is 6.04. The number of hydrogen-bond acceptors (Lipinski definition) is 4. The SMILES string of the molecule is C[C@]12C=C3C=C4C(=O)[C@@H]5O[C@@H]5C[C@]45CC[C@@]3(C[C@@H]1CC[C@@H]2c1ccc2ccncc2c1)O5. The monoisotopic (exact) mass is 425 g/mol. The minimum absolute atomic E-state index is 0.0792. The maximum absolute atomic E-state index is 13.1. The maximum atomic E-state index is 13.1. The summed E-state index contributed by atoms with van der Waals surface area (Å²) in [4.78, 5) is 17.4. The van der Waals surface area contributed by atoms with E-state index in [1.54, 1.807) is 0 Å². The van der Waals surface area contributed by atoms with Gasteiger partial charge in [-0.3, -0.25) is 9.78 Å². The van der Waals surface area contributed by atoms with Gasteiger partial charge in [0.2, 0.25) is 0 Å². The molecule has 6 aliphatic rings. The van der Waals surface area contributed by atoms with Crippen molar-refractivity contribution in [3.8, 4) is 0 Å². The van der Waals surface area contributed by atoms with Crippen molar-refractivity contribution in [2.75, 3.05) is 0 Å². The predicted molar refractivity (Wildman–Crippen MR) is 120 cm³/mol. The first-order chi connectivity index (χ1) is 15.5. The molecule has 4 heteroatoms. The molecule has 4 heterocycles. The number of carbonyl (C=O) groups is 1. The van der Waals surface area contributed by atoms with Crippen LogP contribution in [0.15, 0.2) is 60.0 Å². The third kappa shape index (κ3) is 2.11. The number of hydrogen-bond donors (Lipinski definition) is 0. The van der Waals surface area contributed by atoms with Crippen LogP contribution in [0, 0.1) is 11.3 Å². The van der Waals surface area contributed by atoms with Crippen molar-refractivity contribution in [3.63, 3.8) is 0 Å². The molecular weight excluding hydrogens is 398 g/mol. The lowest BCUT2D eigenvalue weighted by molar-refractivity contribution is -0.128. The maximum Gasteiger partial charge on any atom is 0.193 e. The van der Waals surface area contributed by atoms with Crippen molar-refractivity contribution in [3.05, 3.63) is 65.5 Å². The standard InChI is InChI=1S/C28H27NO3/c1-26-12-20-11-22-24(30)25-23(31-25)14-28(22)8-7-27(20,32-28)13-19(26)4-5-21(26)17-3-2-16-6-9-29-15-18(16)10-17/h2-3,6,9-12,15,19,21,23,25H,4-5,7-8,13-14H2,1H3/t19-,21+,23+,25+,26-,27-,28+/m0/s1. The van der Waals surface area contributed by atoms with E-state index in [4.69, 9.17) is 9.47 Å². The first kappa shape index (κ1) is 18.2. The minimum Gasteiger partial charge on any atom is -0.361 e. The first-order valence-corrected chi connectivity index (χ1v) is 12.2. The van der Waals surface area contributed by atoms with Crippen molar-refractivity contribution in [2.24, 2.45) is 11.3 Å². The first-order valence-electron chi connectivity index (χ1n) is 12.2. The molecule has 0 amide bonds. The fourth-order valence-electron chi connectivity index (χ4n) is 8.08. The highest BCUT2D eigenvalue weighted by Gasteiger charge is 2.68. The number of ketones is 1. The lowest BCUT2D eigenvalue weighted by Crippen LogP contribution is -2.51. The molecule has 2 saturated heterocycles. The number of fused-ring (bicyclic) bond motifs is 3. The molecule has 162 valence electrons. The van der Waals surface area contributed by atoms with Gasteiger partial charge in [-0.05, 0) is 84.1 Å². The largest absolute Gasteiger partial charge is 0.361 e. The summed E-state index contributed by atoms with van der Waals surface area (Å²) in [6, 6.07) is 8.98. The number of Topliss-reactive ketones (excluding diaryl/α,β-unsaturated/α-hetero) is 1. The molecule has 2 bridgehead atoms. The van der Waals surface area contributed by atoms with E-state index in [-0.39, 0.29) is 34.6 Å². The number of nitrogens with zero attached hydrogens (tertiary/aromatic N) is 1. The van der Waals surface area contributed by atoms with Crippen LogP contribution in [0.5, 0.6) is 0 Å². The fraction of sp³-hybridized carbons (Fsp3) is 0.500. The van der Waals surface area contributed by atoms with Crippen LogP contribution in [0.1, 0.15) is 56.9 Å². The Kier molecular flexibility index (Phi) is 3.18. The molecule has 7 atom stereocenters. The Morgan fingerprint density at radius 3 is 2.91 bits per heavy atom. The Hall–Kier alpha value is -2.30. The molecule has 4 fully saturated rings. The molecule has 3 aliphatic heterocycles. The van der Waals surface area contributed by atoms with E-state index in [0.717, 1.165) is 31.3 Å². The van der Waals surface area contributed by atoms with Crippen LogP contribution in [0.3, 0.4) is 0 Å². The van der Waals surface area contributed by atoms with Crippen LogP contribution in [0.25, 0.3) is 10.8 Å². The van der Waals surface area contributed by atoms with Gasteiger partial charge in [0.05, 0.1) is 11.7 Å². The van der Waals surface area contributed by atoms with Gasteiger partial charge < -0.3 is 9.47 Å². The second kappa shape index (κ2) is 5.60. The van der Waals surface area contributed by atoms with E-state index in [1.165, 1.54) is 34.8 Å².